The first-order valence-corrected chi connectivity index (χ1v) is 10.8. The van der Waals surface area contributed by atoms with Crippen LogP contribution < -0.4 is 9.47 Å². The third kappa shape index (κ3) is 5.08. The van der Waals surface area contributed by atoms with Crippen molar-refractivity contribution in [3.8, 4) is 11.5 Å². The summed E-state index contributed by atoms with van der Waals surface area (Å²) in [6.07, 6.45) is 3.15. The first-order valence-electron chi connectivity index (χ1n) is 10.8. The van der Waals surface area contributed by atoms with E-state index < -0.39 is 5.97 Å². The fraction of sp³-hybridized carbons (Fsp3) is 0.667. The van der Waals surface area contributed by atoms with Crippen LogP contribution >= 0.6 is 0 Å². The predicted octanol–water partition coefficient (Wildman–Crippen LogP) is 4.31. The number of rotatable bonds is 7. The van der Waals surface area contributed by atoms with E-state index in [9.17, 15) is 9.59 Å². The Bertz CT molecular complexity index is 803. The Hall–Kier alpha value is -2.24. The van der Waals surface area contributed by atoms with E-state index in [0.717, 1.165) is 25.8 Å². The van der Waals surface area contributed by atoms with E-state index in [2.05, 4.69) is 34.6 Å². The summed E-state index contributed by atoms with van der Waals surface area (Å²) < 4.78 is 16.4. The number of esters is 1. The number of ether oxygens (including phenoxy) is 3. The van der Waals surface area contributed by atoms with Crippen LogP contribution in [-0.4, -0.2) is 49.7 Å². The van der Waals surface area contributed by atoms with Crippen molar-refractivity contribution in [1.29, 1.82) is 0 Å². The van der Waals surface area contributed by atoms with Gasteiger partial charge in [0.1, 0.15) is 0 Å². The van der Waals surface area contributed by atoms with Gasteiger partial charge >= 0.3 is 5.97 Å². The van der Waals surface area contributed by atoms with Crippen LogP contribution in [0, 0.1) is 16.7 Å². The molecule has 1 aliphatic heterocycles. The number of carbonyl (C=O) groups excluding carboxylic acids is 2. The summed E-state index contributed by atoms with van der Waals surface area (Å²) in [5.41, 5.74) is 0.731. The molecule has 0 radical (unpaired) electrons. The lowest BCUT2D eigenvalue weighted by molar-refractivity contribution is -0.135. The number of fused-ring (bicyclic) bond motifs is 2. The molecule has 6 nitrogen and oxygen atoms in total. The van der Waals surface area contributed by atoms with Crippen LogP contribution in [0.4, 0.5) is 0 Å². The second-order valence-corrected chi connectivity index (χ2v) is 10.4. The molecular formula is C24H35NO5. The normalized spacial score (nSPS) is 24.6. The van der Waals surface area contributed by atoms with Crippen LogP contribution in [0.25, 0.3) is 0 Å². The molecule has 1 amide bonds. The van der Waals surface area contributed by atoms with Crippen LogP contribution in [0.2, 0.25) is 0 Å². The van der Waals surface area contributed by atoms with Crippen molar-refractivity contribution < 1.29 is 23.8 Å². The summed E-state index contributed by atoms with van der Waals surface area (Å²) in [5.74, 6) is 0.784. The molecule has 0 aromatic heterocycles. The fourth-order valence-corrected chi connectivity index (χ4v) is 5.22. The second-order valence-electron chi connectivity index (χ2n) is 10.4. The molecule has 0 spiro atoms. The minimum Gasteiger partial charge on any atom is -0.493 e. The highest BCUT2D eigenvalue weighted by molar-refractivity contribution is 5.92. The van der Waals surface area contributed by atoms with Crippen LogP contribution in [0.3, 0.4) is 0 Å². The third-order valence-corrected chi connectivity index (χ3v) is 6.03. The van der Waals surface area contributed by atoms with Crippen LogP contribution in [0.5, 0.6) is 11.5 Å². The number of amides is 1. The molecule has 166 valence electrons. The highest BCUT2D eigenvalue weighted by atomic mass is 16.5. The maximum absolute atomic E-state index is 12.8. The molecule has 0 N–H and O–H groups in total. The Morgan fingerprint density at radius 3 is 2.57 bits per heavy atom. The van der Waals surface area contributed by atoms with Crippen molar-refractivity contribution in [1.82, 2.24) is 4.90 Å². The Labute approximate surface area is 179 Å². The average molecular weight is 418 g/mol. The summed E-state index contributed by atoms with van der Waals surface area (Å²) in [5, 5.41) is 0. The van der Waals surface area contributed by atoms with Gasteiger partial charge in [-0.3, -0.25) is 4.79 Å². The molecule has 1 saturated heterocycles. The molecule has 1 heterocycles. The van der Waals surface area contributed by atoms with E-state index >= 15 is 0 Å². The topological polar surface area (TPSA) is 65.1 Å². The highest BCUT2D eigenvalue weighted by Crippen LogP contribution is 2.52. The molecule has 1 aromatic rings. The predicted molar refractivity (Wildman–Crippen MR) is 115 cm³/mol. The van der Waals surface area contributed by atoms with Crippen molar-refractivity contribution in [3.05, 3.63) is 23.8 Å². The zero-order valence-corrected chi connectivity index (χ0v) is 19.1. The quantitative estimate of drug-likeness (QED) is 0.619. The van der Waals surface area contributed by atoms with Gasteiger partial charge in [0.25, 0.3) is 5.91 Å². The van der Waals surface area contributed by atoms with Gasteiger partial charge in [0.2, 0.25) is 0 Å². The minimum absolute atomic E-state index is 0.112. The molecular weight excluding hydrogens is 382 g/mol. The van der Waals surface area contributed by atoms with E-state index in [1.165, 1.54) is 7.11 Å². The van der Waals surface area contributed by atoms with Gasteiger partial charge in [0.15, 0.2) is 18.1 Å². The lowest BCUT2D eigenvalue weighted by Gasteiger charge is -2.39. The third-order valence-electron chi connectivity index (χ3n) is 6.03. The second kappa shape index (κ2) is 8.48. The molecule has 2 bridgehead atoms. The number of carbonyl (C=O) groups is 2. The Kier molecular flexibility index (Phi) is 6.34. The van der Waals surface area contributed by atoms with Crippen molar-refractivity contribution in [2.75, 3.05) is 26.9 Å². The zero-order valence-electron chi connectivity index (χ0n) is 19.1. The number of benzene rings is 1. The maximum atomic E-state index is 12.8. The molecule has 2 aliphatic rings. The lowest BCUT2D eigenvalue weighted by Crippen LogP contribution is -2.39. The first kappa shape index (κ1) is 22.4. The van der Waals surface area contributed by atoms with Crippen molar-refractivity contribution in [2.24, 2.45) is 16.7 Å². The molecule has 1 aliphatic carbocycles. The van der Waals surface area contributed by atoms with E-state index in [4.69, 9.17) is 14.2 Å². The van der Waals surface area contributed by atoms with Crippen LogP contribution in [0.1, 0.15) is 64.2 Å². The van der Waals surface area contributed by atoms with Gasteiger partial charge in [0, 0.05) is 12.6 Å². The molecule has 1 saturated carbocycles. The summed E-state index contributed by atoms with van der Waals surface area (Å²) >= 11 is 0. The Balaban J connectivity index is 1.60. The highest BCUT2D eigenvalue weighted by Gasteiger charge is 2.50. The number of hydrogen-bond donors (Lipinski definition) is 0. The van der Waals surface area contributed by atoms with Gasteiger partial charge in [-0.1, -0.05) is 34.6 Å². The number of nitrogens with zero attached hydrogens (tertiary/aromatic N) is 1. The Morgan fingerprint density at radius 1 is 1.17 bits per heavy atom. The summed E-state index contributed by atoms with van der Waals surface area (Å²) in [4.78, 5) is 27.2. The largest absolute Gasteiger partial charge is 0.493 e. The average Bonchev–Trinajstić information content (AvgIpc) is 2.92. The smallest absolute Gasteiger partial charge is 0.338 e. The molecule has 2 fully saturated rings. The molecule has 3 rings (SSSR count). The van der Waals surface area contributed by atoms with Gasteiger partial charge in [0.05, 0.1) is 19.3 Å². The summed E-state index contributed by atoms with van der Waals surface area (Å²) in [7, 11) is 1.53. The van der Waals surface area contributed by atoms with Crippen molar-refractivity contribution >= 4 is 11.9 Å². The number of likely N-dealkylation sites (tertiary alicyclic amines) is 1. The Morgan fingerprint density at radius 2 is 1.90 bits per heavy atom. The molecule has 6 heteroatoms. The van der Waals surface area contributed by atoms with Crippen molar-refractivity contribution in [2.45, 2.75) is 59.9 Å². The van der Waals surface area contributed by atoms with Crippen LogP contribution in [-0.2, 0) is 9.53 Å². The number of methoxy groups -OCH3 is 1. The van der Waals surface area contributed by atoms with E-state index in [1.807, 2.05) is 4.90 Å². The van der Waals surface area contributed by atoms with Gasteiger partial charge in [-0.2, -0.15) is 0 Å². The summed E-state index contributed by atoms with van der Waals surface area (Å²) in [6, 6.07) is 5.17. The lowest BCUT2D eigenvalue weighted by atomic mass is 9.65. The van der Waals surface area contributed by atoms with Crippen molar-refractivity contribution in [3.63, 3.8) is 0 Å². The van der Waals surface area contributed by atoms with E-state index in [0.29, 0.717) is 29.6 Å². The standard InChI is InChI=1S/C24H35NO5/c1-16(2)12-29-19-8-7-17(9-20(19)28-6)22(27)30-13-21(26)25-15-24(5)11-18(25)10-23(3,4)14-24/h7-9,16,18H,10-15H2,1-6H3/t18-,24-/m0/s1. The van der Waals surface area contributed by atoms with E-state index in [-0.39, 0.29) is 29.4 Å². The van der Waals surface area contributed by atoms with Gasteiger partial charge in [-0.05, 0) is 54.2 Å². The molecule has 1 aromatic carbocycles. The SMILES string of the molecule is COc1cc(C(=O)OCC(=O)N2C[C@@]3(C)C[C@@H]2CC(C)(C)C3)ccc1OCC(C)C. The monoisotopic (exact) mass is 417 g/mol. The first-order chi connectivity index (χ1) is 14.0. The summed E-state index contributed by atoms with van der Waals surface area (Å²) in [6.45, 7) is 12.0. The molecule has 0 unspecified atom stereocenters. The maximum Gasteiger partial charge on any atom is 0.338 e. The van der Waals surface area contributed by atoms with E-state index in [1.54, 1.807) is 18.2 Å². The zero-order chi connectivity index (χ0) is 22.1. The van der Waals surface area contributed by atoms with Crippen LogP contribution in [0.15, 0.2) is 18.2 Å². The van der Waals surface area contributed by atoms with Gasteiger partial charge in [-0.15, -0.1) is 0 Å². The molecule has 30 heavy (non-hydrogen) atoms. The minimum atomic E-state index is -0.536. The van der Waals surface area contributed by atoms with Gasteiger partial charge in [-0.25, -0.2) is 4.79 Å². The molecule has 2 atom stereocenters. The number of hydrogen-bond acceptors (Lipinski definition) is 5. The fourth-order valence-electron chi connectivity index (χ4n) is 5.22. The van der Waals surface area contributed by atoms with Gasteiger partial charge < -0.3 is 19.1 Å².